The van der Waals surface area contributed by atoms with Gasteiger partial charge in [0.1, 0.15) is 3.23 Å². The highest BCUT2D eigenvalue weighted by Gasteiger charge is 2.72. The van der Waals surface area contributed by atoms with Gasteiger partial charge in [0.25, 0.3) is 0 Å². The molecule has 6 heteroatoms. The fraction of sp³-hybridized carbons (Fsp3) is 0.714. The normalized spacial score (nSPS) is 47.5. The largest absolute Gasteiger partial charge is 0.120 e. The van der Waals surface area contributed by atoms with E-state index in [0.29, 0.717) is 0 Å². The molecule has 0 amide bonds. The van der Waals surface area contributed by atoms with Gasteiger partial charge in [0.2, 0.25) is 0 Å². The molecular formula is C7H4Br6. The van der Waals surface area contributed by atoms with Gasteiger partial charge in [-0.1, -0.05) is 95.6 Å². The number of allylic oxidation sites excluding steroid dienone is 2. The van der Waals surface area contributed by atoms with Crippen molar-refractivity contribution in [3.05, 3.63) is 8.96 Å². The van der Waals surface area contributed by atoms with E-state index in [4.69, 9.17) is 0 Å². The summed E-state index contributed by atoms with van der Waals surface area (Å²) in [5.74, 6) is 0. The van der Waals surface area contributed by atoms with E-state index in [9.17, 15) is 0 Å². The number of alkyl halides is 4. The highest BCUT2D eigenvalue weighted by molar-refractivity contribution is 9.27. The monoisotopic (exact) mass is 562 g/mol. The van der Waals surface area contributed by atoms with Crippen molar-refractivity contribution >= 4 is 95.6 Å². The van der Waals surface area contributed by atoms with E-state index < -0.39 is 0 Å². The summed E-state index contributed by atoms with van der Waals surface area (Å²) in [6, 6.07) is 0. The molecule has 2 aliphatic carbocycles. The fourth-order valence-corrected chi connectivity index (χ4v) is 8.40. The van der Waals surface area contributed by atoms with E-state index in [1.807, 2.05) is 0 Å². The zero-order chi connectivity index (χ0) is 10.1. The minimum atomic E-state index is -0.169. The zero-order valence-corrected chi connectivity index (χ0v) is 15.7. The second-order valence-electron chi connectivity index (χ2n) is 3.30. The van der Waals surface area contributed by atoms with Gasteiger partial charge >= 0.3 is 0 Å². The minimum absolute atomic E-state index is 0.0532. The van der Waals surface area contributed by atoms with Crippen LogP contribution in [0, 0.1) is 0 Å². The number of halogens is 6. The Morgan fingerprint density at radius 1 is 0.769 bits per heavy atom. The molecule has 0 saturated heterocycles. The molecule has 2 bridgehead atoms. The molecule has 2 rings (SSSR count). The lowest BCUT2D eigenvalue weighted by atomic mass is 10.1. The van der Waals surface area contributed by atoms with Crippen LogP contribution >= 0.6 is 95.6 Å². The lowest BCUT2D eigenvalue weighted by Gasteiger charge is -2.33. The van der Waals surface area contributed by atoms with Crippen LogP contribution in [-0.2, 0) is 0 Å². The first-order valence-corrected chi connectivity index (χ1v) is 8.35. The fourth-order valence-electron chi connectivity index (χ4n) is 1.82. The second kappa shape index (κ2) is 3.31. The van der Waals surface area contributed by atoms with Crippen molar-refractivity contribution in [2.45, 2.75) is 24.7 Å². The first-order valence-electron chi connectivity index (χ1n) is 3.59. The molecule has 0 N–H and O–H groups in total. The predicted molar refractivity (Wildman–Crippen MR) is 78.0 cm³/mol. The Bertz CT molecular complexity index is 280. The van der Waals surface area contributed by atoms with E-state index in [1.165, 1.54) is 8.96 Å². The molecule has 13 heavy (non-hydrogen) atoms. The number of fused-ring (bicyclic) bond motifs is 2. The van der Waals surface area contributed by atoms with Gasteiger partial charge in [0.05, 0.1) is 8.65 Å². The van der Waals surface area contributed by atoms with Gasteiger partial charge in [-0.3, -0.25) is 0 Å². The van der Waals surface area contributed by atoms with Gasteiger partial charge in [0.15, 0.2) is 0 Å². The molecule has 0 spiro atoms. The molecule has 2 unspecified atom stereocenters. The lowest BCUT2D eigenvalue weighted by molar-refractivity contribution is 0.755. The molecule has 0 aromatic heterocycles. The van der Waals surface area contributed by atoms with Gasteiger partial charge in [-0.05, 0) is 12.8 Å². The van der Waals surface area contributed by atoms with Crippen LogP contribution in [0.2, 0.25) is 0 Å². The Labute approximate surface area is 127 Å². The Morgan fingerprint density at radius 3 is 1.23 bits per heavy atom. The summed E-state index contributed by atoms with van der Waals surface area (Å²) < 4.78 is 2.08. The molecule has 0 aromatic rings. The molecule has 0 radical (unpaired) electrons. The highest BCUT2D eigenvalue weighted by Crippen LogP contribution is 2.75. The van der Waals surface area contributed by atoms with Crippen molar-refractivity contribution in [3.63, 3.8) is 0 Å². The summed E-state index contributed by atoms with van der Waals surface area (Å²) in [7, 11) is 0. The molecule has 1 fully saturated rings. The molecule has 0 nitrogen and oxygen atoms in total. The lowest BCUT2D eigenvalue weighted by Crippen LogP contribution is -2.40. The van der Waals surface area contributed by atoms with Crippen LogP contribution in [0.1, 0.15) is 12.8 Å². The van der Waals surface area contributed by atoms with Crippen LogP contribution in [0.4, 0.5) is 0 Å². The summed E-state index contributed by atoms with van der Waals surface area (Å²) >= 11 is 22.3. The average Bonchev–Trinajstić information content (AvgIpc) is 2.28. The van der Waals surface area contributed by atoms with E-state index in [-0.39, 0.29) is 11.9 Å². The van der Waals surface area contributed by atoms with Gasteiger partial charge in [-0.15, -0.1) is 0 Å². The summed E-state index contributed by atoms with van der Waals surface area (Å²) in [6.45, 7) is 0. The van der Waals surface area contributed by atoms with Crippen LogP contribution in [0.25, 0.3) is 0 Å². The third kappa shape index (κ3) is 1.22. The van der Waals surface area contributed by atoms with E-state index in [1.54, 1.807) is 0 Å². The summed E-state index contributed by atoms with van der Waals surface area (Å²) in [4.78, 5) is 0. The maximum absolute atomic E-state index is 3.79. The van der Waals surface area contributed by atoms with Crippen LogP contribution in [0.5, 0.6) is 0 Å². The van der Waals surface area contributed by atoms with Gasteiger partial charge in [-0.25, -0.2) is 0 Å². The molecule has 1 saturated carbocycles. The summed E-state index contributed by atoms with van der Waals surface area (Å²) in [5, 5.41) is 0. The number of hydrogen-bond donors (Lipinski definition) is 0. The molecule has 74 valence electrons. The number of hydrogen-bond acceptors (Lipinski definition) is 0. The van der Waals surface area contributed by atoms with Gasteiger partial charge < -0.3 is 0 Å². The first-order chi connectivity index (χ1) is 5.77. The van der Waals surface area contributed by atoms with Crippen LogP contribution in [0.3, 0.4) is 0 Å². The van der Waals surface area contributed by atoms with E-state index >= 15 is 0 Å². The van der Waals surface area contributed by atoms with Gasteiger partial charge in [0, 0.05) is 8.96 Å². The molecule has 0 aromatic carbocycles. The van der Waals surface area contributed by atoms with Crippen LogP contribution in [0.15, 0.2) is 8.96 Å². The smallest absolute Gasteiger partial charge is 0.0770 e. The maximum atomic E-state index is 3.79. The van der Waals surface area contributed by atoms with Crippen LogP contribution < -0.4 is 0 Å². The Morgan fingerprint density at radius 2 is 1.08 bits per heavy atom. The Hall–Kier alpha value is 2.62. The van der Waals surface area contributed by atoms with Crippen molar-refractivity contribution in [3.8, 4) is 0 Å². The van der Waals surface area contributed by atoms with Gasteiger partial charge in [-0.2, -0.15) is 0 Å². The molecule has 2 atom stereocenters. The molecule has 2 aliphatic rings. The summed E-state index contributed by atoms with van der Waals surface area (Å²) in [5.41, 5.74) is 0. The summed E-state index contributed by atoms with van der Waals surface area (Å²) in [6.07, 6.45) is 2.18. The quantitative estimate of drug-likeness (QED) is 0.337. The van der Waals surface area contributed by atoms with E-state index in [0.717, 1.165) is 12.8 Å². The standard InChI is InChI=1S/C7H4Br6/c8-3-4(9)6(11)2-1-5(3,10)7(6,12)13/h1-2H2. The molecule has 0 heterocycles. The van der Waals surface area contributed by atoms with E-state index in [2.05, 4.69) is 95.6 Å². The predicted octanol–water partition coefficient (Wildman–Crippen LogP) is 5.55. The second-order valence-corrected chi connectivity index (χ2v) is 11.0. The minimum Gasteiger partial charge on any atom is -0.0770 e. The Kier molecular flexibility index (Phi) is 3.08. The maximum Gasteiger partial charge on any atom is 0.120 e. The third-order valence-electron chi connectivity index (χ3n) is 2.70. The third-order valence-corrected chi connectivity index (χ3v) is 14.1. The first kappa shape index (κ1) is 12.1. The van der Waals surface area contributed by atoms with Crippen molar-refractivity contribution in [2.24, 2.45) is 0 Å². The topological polar surface area (TPSA) is 0 Å². The van der Waals surface area contributed by atoms with Crippen molar-refractivity contribution in [1.29, 1.82) is 0 Å². The SMILES string of the molecule is BrC1=C(Br)C2(Br)CCC1(Br)C2(Br)Br. The zero-order valence-electron chi connectivity index (χ0n) is 6.18. The highest BCUT2D eigenvalue weighted by atomic mass is 79.9. The van der Waals surface area contributed by atoms with Crippen molar-refractivity contribution in [2.75, 3.05) is 0 Å². The van der Waals surface area contributed by atoms with Crippen LogP contribution in [-0.4, -0.2) is 11.9 Å². The Balaban J connectivity index is 2.67. The molecular weight excluding hydrogens is 564 g/mol. The van der Waals surface area contributed by atoms with Crippen molar-refractivity contribution in [1.82, 2.24) is 0 Å². The average molecular weight is 568 g/mol. The number of rotatable bonds is 0. The van der Waals surface area contributed by atoms with Crippen molar-refractivity contribution < 1.29 is 0 Å². The molecule has 0 aliphatic heterocycles.